The summed E-state index contributed by atoms with van der Waals surface area (Å²) < 4.78 is 13.1. The first-order chi connectivity index (χ1) is 11.1. The number of rotatable bonds is 5. The minimum Gasteiger partial charge on any atom is -0.335 e. The van der Waals surface area contributed by atoms with E-state index in [1.54, 1.807) is 12.1 Å². The van der Waals surface area contributed by atoms with Crippen molar-refractivity contribution >= 4 is 5.91 Å². The minimum absolute atomic E-state index is 0.0682. The Labute approximate surface area is 138 Å². The quantitative estimate of drug-likeness (QED) is 0.903. The molecule has 1 aliphatic carbocycles. The van der Waals surface area contributed by atoms with Gasteiger partial charge in [-0.3, -0.25) is 4.79 Å². The molecule has 1 aromatic rings. The molecule has 0 aromatic heterocycles. The molecule has 0 radical (unpaired) electrons. The van der Waals surface area contributed by atoms with Crippen LogP contribution in [0.2, 0.25) is 0 Å². The van der Waals surface area contributed by atoms with Crippen LogP contribution in [0.25, 0.3) is 0 Å². The fourth-order valence-electron chi connectivity index (χ4n) is 3.69. The molecular formula is C19H27FN2O. The van der Waals surface area contributed by atoms with Crippen LogP contribution >= 0.6 is 0 Å². The van der Waals surface area contributed by atoms with Crippen LogP contribution in [0.1, 0.15) is 44.6 Å². The summed E-state index contributed by atoms with van der Waals surface area (Å²) >= 11 is 0. The third kappa shape index (κ3) is 3.92. The lowest BCUT2D eigenvalue weighted by Crippen LogP contribution is -2.52. The standard InChI is InChI=1S/C19H27FN2O/c1-14(16-11-21-12-16)19(23)22(18-5-3-2-4-6-18)13-15-7-9-17(20)10-8-15/h7-10,14,16,18,21H,2-6,11-13H2,1H3. The van der Waals surface area contributed by atoms with Crippen molar-refractivity contribution in [3.8, 4) is 0 Å². The molecule has 2 aliphatic rings. The topological polar surface area (TPSA) is 32.3 Å². The van der Waals surface area contributed by atoms with Crippen molar-refractivity contribution in [2.75, 3.05) is 13.1 Å². The lowest BCUT2D eigenvalue weighted by Gasteiger charge is -2.39. The molecule has 23 heavy (non-hydrogen) atoms. The van der Waals surface area contributed by atoms with Gasteiger partial charge in [-0.25, -0.2) is 4.39 Å². The highest BCUT2D eigenvalue weighted by Gasteiger charge is 2.34. The van der Waals surface area contributed by atoms with E-state index in [0.717, 1.165) is 31.5 Å². The number of carbonyl (C=O) groups excluding carboxylic acids is 1. The van der Waals surface area contributed by atoms with E-state index in [9.17, 15) is 9.18 Å². The Kier molecular flexibility index (Phi) is 5.31. The Bertz CT molecular complexity index is 521. The fraction of sp³-hybridized carbons (Fsp3) is 0.632. The highest BCUT2D eigenvalue weighted by atomic mass is 19.1. The molecule has 0 spiro atoms. The molecule has 1 aliphatic heterocycles. The summed E-state index contributed by atoms with van der Waals surface area (Å²) in [6.45, 7) is 4.56. The van der Waals surface area contributed by atoms with E-state index in [2.05, 4.69) is 17.1 Å². The lowest BCUT2D eigenvalue weighted by molar-refractivity contribution is -0.141. The maximum absolute atomic E-state index is 13.1. The van der Waals surface area contributed by atoms with Crippen molar-refractivity contribution < 1.29 is 9.18 Å². The number of hydrogen-bond acceptors (Lipinski definition) is 2. The van der Waals surface area contributed by atoms with Crippen molar-refractivity contribution in [3.05, 3.63) is 35.6 Å². The van der Waals surface area contributed by atoms with Gasteiger partial charge in [-0.15, -0.1) is 0 Å². The zero-order chi connectivity index (χ0) is 16.2. The molecule has 1 saturated heterocycles. The molecule has 0 bridgehead atoms. The second kappa shape index (κ2) is 7.43. The van der Waals surface area contributed by atoms with E-state index >= 15 is 0 Å². The van der Waals surface area contributed by atoms with Gasteiger partial charge in [0.2, 0.25) is 5.91 Å². The Morgan fingerprint density at radius 3 is 2.43 bits per heavy atom. The molecule has 2 fully saturated rings. The van der Waals surface area contributed by atoms with E-state index in [1.165, 1.54) is 31.4 Å². The van der Waals surface area contributed by atoms with Crippen LogP contribution in [0, 0.1) is 17.7 Å². The summed E-state index contributed by atoms with van der Waals surface area (Å²) in [4.78, 5) is 15.2. The second-order valence-corrected chi connectivity index (χ2v) is 7.09. The Hall–Kier alpha value is -1.42. The van der Waals surface area contributed by atoms with Crippen molar-refractivity contribution in [2.45, 2.75) is 51.6 Å². The number of carbonyl (C=O) groups is 1. The molecule has 4 heteroatoms. The van der Waals surface area contributed by atoms with Crippen molar-refractivity contribution in [1.82, 2.24) is 10.2 Å². The average Bonchev–Trinajstić information content (AvgIpc) is 2.53. The summed E-state index contributed by atoms with van der Waals surface area (Å²) in [5.74, 6) is 0.575. The van der Waals surface area contributed by atoms with Crippen LogP contribution in [0.5, 0.6) is 0 Å². The van der Waals surface area contributed by atoms with Gasteiger partial charge in [0.25, 0.3) is 0 Å². The molecule has 3 nitrogen and oxygen atoms in total. The van der Waals surface area contributed by atoms with Crippen molar-refractivity contribution in [2.24, 2.45) is 11.8 Å². The number of benzene rings is 1. The second-order valence-electron chi connectivity index (χ2n) is 7.09. The van der Waals surface area contributed by atoms with Gasteiger partial charge in [-0.2, -0.15) is 0 Å². The number of hydrogen-bond donors (Lipinski definition) is 1. The minimum atomic E-state index is -0.224. The molecule has 1 amide bonds. The predicted octanol–water partition coefficient (Wildman–Crippen LogP) is 3.34. The largest absolute Gasteiger partial charge is 0.335 e. The highest BCUT2D eigenvalue weighted by molar-refractivity contribution is 5.79. The van der Waals surface area contributed by atoms with Crippen LogP contribution in [0.3, 0.4) is 0 Å². The number of nitrogens with one attached hydrogen (secondary N) is 1. The SMILES string of the molecule is CC(C(=O)N(Cc1ccc(F)cc1)C1CCCCC1)C1CNC1. The number of nitrogens with zero attached hydrogens (tertiary/aromatic N) is 1. The summed E-state index contributed by atoms with van der Waals surface area (Å²) in [6.07, 6.45) is 5.89. The maximum atomic E-state index is 13.1. The first-order valence-electron chi connectivity index (χ1n) is 8.91. The van der Waals surface area contributed by atoms with Gasteiger partial charge in [0.05, 0.1) is 0 Å². The number of halogens is 1. The van der Waals surface area contributed by atoms with E-state index in [1.807, 2.05) is 0 Å². The van der Waals surface area contributed by atoms with Gasteiger partial charge in [0.1, 0.15) is 5.82 Å². The van der Waals surface area contributed by atoms with Crippen molar-refractivity contribution in [3.63, 3.8) is 0 Å². The fourth-order valence-corrected chi connectivity index (χ4v) is 3.69. The first kappa shape index (κ1) is 16.4. The average molecular weight is 318 g/mol. The van der Waals surface area contributed by atoms with Gasteiger partial charge in [-0.05, 0) is 49.5 Å². The van der Waals surface area contributed by atoms with Crippen LogP contribution in [0.15, 0.2) is 24.3 Å². The molecule has 1 heterocycles. The Morgan fingerprint density at radius 2 is 1.87 bits per heavy atom. The molecule has 1 aromatic carbocycles. The van der Waals surface area contributed by atoms with Crippen LogP contribution in [-0.4, -0.2) is 29.9 Å². The van der Waals surface area contributed by atoms with Gasteiger partial charge < -0.3 is 10.2 Å². The molecule has 126 valence electrons. The molecule has 1 N–H and O–H groups in total. The van der Waals surface area contributed by atoms with E-state index < -0.39 is 0 Å². The predicted molar refractivity (Wildman–Crippen MR) is 89.3 cm³/mol. The monoisotopic (exact) mass is 318 g/mol. The van der Waals surface area contributed by atoms with Gasteiger partial charge in [0.15, 0.2) is 0 Å². The summed E-state index contributed by atoms with van der Waals surface area (Å²) in [5, 5.41) is 3.26. The maximum Gasteiger partial charge on any atom is 0.226 e. The lowest BCUT2D eigenvalue weighted by atomic mass is 9.86. The van der Waals surface area contributed by atoms with Crippen LogP contribution < -0.4 is 5.32 Å². The third-order valence-corrected chi connectivity index (χ3v) is 5.47. The van der Waals surface area contributed by atoms with E-state index in [4.69, 9.17) is 0 Å². The van der Waals surface area contributed by atoms with Crippen LogP contribution in [0.4, 0.5) is 4.39 Å². The molecule has 1 atom stereocenters. The first-order valence-corrected chi connectivity index (χ1v) is 8.91. The van der Waals surface area contributed by atoms with E-state index in [-0.39, 0.29) is 17.6 Å². The highest BCUT2D eigenvalue weighted by Crippen LogP contribution is 2.28. The summed E-state index contributed by atoms with van der Waals surface area (Å²) in [5.41, 5.74) is 1.02. The summed E-state index contributed by atoms with van der Waals surface area (Å²) in [7, 11) is 0. The zero-order valence-corrected chi connectivity index (χ0v) is 13.9. The molecule has 1 unspecified atom stereocenters. The van der Waals surface area contributed by atoms with E-state index in [0.29, 0.717) is 18.5 Å². The Morgan fingerprint density at radius 1 is 1.22 bits per heavy atom. The van der Waals surface area contributed by atoms with Gasteiger partial charge in [-0.1, -0.05) is 38.3 Å². The van der Waals surface area contributed by atoms with Crippen molar-refractivity contribution in [1.29, 1.82) is 0 Å². The van der Waals surface area contributed by atoms with Crippen LogP contribution in [-0.2, 0) is 11.3 Å². The molecular weight excluding hydrogens is 291 g/mol. The van der Waals surface area contributed by atoms with Gasteiger partial charge >= 0.3 is 0 Å². The molecule has 1 saturated carbocycles. The third-order valence-electron chi connectivity index (χ3n) is 5.47. The number of amides is 1. The van der Waals surface area contributed by atoms with Gasteiger partial charge in [0, 0.05) is 18.5 Å². The molecule has 3 rings (SSSR count). The zero-order valence-electron chi connectivity index (χ0n) is 13.9. The normalized spacial score (nSPS) is 20.8. The smallest absolute Gasteiger partial charge is 0.226 e. The summed E-state index contributed by atoms with van der Waals surface area (Å²) in [6, 6.07) is 6.91. The Balaban J connectivity index is 1.74.